The average molecular weight is 389 g/mol. The number of Topliss-reactive ketones (excluding diaryl/α,β-unsaturated/α-hetero) is 1. The number of rotatable bonds is 4. The van der Waals surface area contributed by atoms with Crippen molar-refractivity contribution in [3.8, 4) is 0 Å². The summed E-state index contributed by atoms with van der Waals surface area (Å²) in [5.41, 5.74) is 3.21. The van der Waals surface area contributed by atoms with Crippen LogP contribution in [0.4, 0.5) is 5.00 Å². The summed E-state index contributed by atoms with van der Waals surface area (Å²) in [5, 5.41) is 3.79. The number of carbonyl (C=O) groups excluding carboxylic acids is 2. The number of nitrogens with zero attached hydrogens (tertiary/aromatic N) is 1. The number of hydrogen-bond acceptors (Lipinski definition) is 5. The Morgan fingerprint density at radius 3 is 2.69 bits per heavy atom. The molecule has 1 N–H and O–H groups in total. The van der Waals surface area contributed by atoms with E-state index in [9.17, 15) is 9.59 Å². The second-order valence-electron chi connectivity index (χ2n) is 7.10. The molecule has 3 heterocycles. The summed E-state index contributed by atoms with van der Waals surface area (Å²) in [6.07, 6.45) is 5.49. The van der Waals surface area contributed by atoms with Crippen LogP contribution in [0.3, 0.4) is 0 Å². The number of nitrogens with one attached hydrogen (secondary N) is 1. The molecule has 0 radical (unpaired) electrons. The summed E-state index contributed by atoms with van der Waals surface area (Å²) in [7, 11) is 0. The van der Waals surface area contributed by atoms with Gasteiger partial charge < -0.3 is 5.32 Å². The van der Waals surface area contributed by atoms with Crippen LogP contribution in [0.2, 0.25) is 0 Å². The molecule has 2 aromatic heterocycles. The molecule has 1 aliphatic heterocycles. The van der Waals surface area contributed by atoms with E-state index in [4.69, 9.17) is 0 Å². The van der Waals surface area contributed by atoms with Crippen molar-refractivity contribution in [2.24, 2.45) is 0 Å². The van der Waals surface area contributed by atoms with E-state index in [1.54, 1.807) is 29.6 Å². The zero-order valence-electron chi connectivity index (χ0n) is 15.3. The molecule has 0 saturated heterocycles. The van der Waals surface area contributed by atoms with Crippen LogP contribution < -0.4 is 5.32 Å². The molecule has 6 heteroatoms. The van der Waals surface area contributed by atoms with E-state index in [0.717, 1.165) is 59.9 Å². The molecule has 0 atom stereocenters. The average Bonchev–Trinajstić information content (AvgIpc) is 3.21. The molecule has 1 amide bonds. The molecule has 4 nitrogen and oxygen atoms in total. The topological polar surface area (TPSA) is 49.4 Å². The van der Waals surface area contributed by atoms with Gasteiger partial charge in [0.25, 0.3) is 5.91 Å². The minimum absolute atomic E-state index is 0.0493. The highest BCUT2D eigenvalue weighted by atomic mass is 32.1. The van der Waals surface area contributed by atoms with Crippen molar-refractivity contribution in [3.05, 3.63) is 37.4 Å². The zero-order valence-corrected chi connectivity index (χ0v) is 16.9. The predicted octanol–water partition coefficient (Wildman–Crippen LogP) is 4.52. The minimum Gasteiger partial charge on any atom is -0.312 e. The summed E-state index contributed by atoms with van der Waals surface area (Å²) < 4.78 is 0. The fourth-order valence-corrected chi connectivity index (χ4v) is 6.44. The fraction of sp³-hybridized carbons (Fsp3) is 0.500. The van der Waals surface area contributed by atoms with Crippen LogP contribution in [0.15, 0.2) is 6.07 Å². The molecule has 0 fully saturated rings. The van der Waals surface area contributed by atoms with E-state index in [1.807, 2.05) is 6.07 Å². The largest absolute Gasteiger partial charge is 0.312 e. The number of hydrogen-bond donors (Lipinski definition) is 1. The molecular weight excluding hydrogens is 364 g/mol. The molecule has 0 spiro atoms. The Morgan fingerprint density at radius 1 is 1.15 bits per heavy atom. The van der Waals surface area contributed by atoms with E-state index in [1.165, 1.54) is 28.2 Å². The molecule has 2 aromatic rings. The van der Waals surface area contributed by atoms with Crippen LogP contribution in [0, 0.1) is 0 Å². The van der Waals surface area contributed by atoms with Crippen LogP contribution in [-0.2, 0) is 25.8 Å². The number of amides is 1. The molecule has 26 heavy (non-hydrogen) atoms. The minimum atomic E-state index is -0.0714. The maximum absolute atomic E-state index is 12.8. The summed E-state index contributed by atoms with van der Waals surface area (Å²) in [6.45, 7) is 6.63. The van der Waals surface area contributed by atoms with Gasteiger partial charge in [0.1, 0.15) is 5.00 Å². The van der Waals surface area contributed by atoms with Gasteiger partial charge in [-0.15, -0.1) is 22.7 Å². The third-order valence-corrected chi connectivity index (χ3v) is 7.75. The van der Waals surface area contributed by atoms with E-state index in [0.29, 0.717) is 0 Å². The van der Waals surface area contributed by atoms with E-state index < -0.39 is 0 Å². The van der Waals surface area contributed by atoms with Gasteiger partial charge in [-0.25, -0.2) is 0 Å². The lowest BCUT2D eigenvalue weighted by Crippen LogP contribution is -2.29. The normalized spacial score (nSPS) is 16.8. The van der Waals surface area contributed by atoms with Gasteiger partial charge in [-0.1, -0.05) is 6.92 Å². The monoisotopic (exact) mass is 388 g/mol. The lowest BCUT2D eigenvalue weighted by atomic mass is 9.99. The second kappa shape index (κ2) is 7.25. The standard InChI is InChI=1S/C20H24N2O2S2/c1-3-22-9-8-14-17(11-22)26-20(18(14)12(2)23)21-19(24)16-10-13-6-4-5-7-15(13)25-16/h10H,3-9,11H2,1-2H3,(H,21,24). The van der Waals surface area contributed by atoms with Crippen molar-refractivity contribution in [2.45, 2.75) is 52.5 Å². The first kappa shape index (κ1) is 17.9. The van der Waals surface area contributed by atoms with Crippen molar-refractivity contribution >= 4 is 39.4 Å². The summed E-state index contributed by atoms with van der Waals surface area (Å²) in [4.78, 5) is 30.8. The van der Waals surface area contributed by atoms with Crippen molar-refractivity contribution in [1.29, 1.82) is 0 Å². The highest BCUT2D eigenvalue weighted by Gasteiger charge is 2.27. The lowest BCUT2D eigenvalue weighted by molar-refractivity contribution is 0.101. The highest BCUT2D eigenvalue weighted by molar-refractivity contribution is 7.17. The molecule has 0 saturated carbocycles. The van der Waals surface area contributed by atoms with Crippen molar-refractivity contribution in [2.75, 3.05) is 18.4 Å². The summed E-state index contributed by atoms with van der Waals surface area (Å²) in [5.74, 6) is -0.0222. The van der Waals surface area contributed by atoms with Gasteiger partial charge in [0.2, 0.25) is 0 Å². The Kier molecular flexibility index (Phi) is 4.99. The molecule has 2 aliphatic rings. The van der Waals surface area contributed by atoms with Gasteiger partial charge in [0.05, 0.1) is 10.4 Å². The number of aryl methyl sites for hydroxylation is 2. The number of anilines is 1. The SMILES string of the molecule is CCN1CCc2c(sc(NC(=O)c3cc4c(s3)CCCC4)c2C(C)=O)C1. The number of carbonyl (C=O) groups is 2. The van der Waals surface area contributed by atoms with Gasteiger partial charge in [0, 0.05) is 22.8 Å². The number of thiophene rings is 2. The quantitative estimate of drug-likeness (QED) is 0.784. The molecular formula is C20H24N2O2S2. The van der Waals surface area contributed by atoms with Gasteiger partial charge in [-0.05, 0) is 62.8 Å². The van der Waals surface area contributed by atoms with Crippen molar-refractivity contribution in [3.63, 3.8) is 0 Å². The molecule has 4 rings (SSSR count). The van der Waals surface area contributed by atoms with Gasteiger partial charge in [-0.3, -0.25) is 14.5 Å². The number of fused-ring (bicyclic) bond motifs is 2. The zero-order chi connectivity index (χ0) is 18.3. The van der Waals surface area contributed by atoms with Crippen LogP contribution in [-0.4, -0.2) is 29.7 Å². The van der Waals surface area contributed by atoms with Gasteiger partial charge >= 0.3 is 0 Å². The van der Waals surface area contributed by atoms with E-state index in [2.05, 4.69) is 17.1 Å². The Morgan fingerprint density at radius 2 is 1.96 bits per heavy atom. The maximum atomic E-state index is 12.8. The predicted molar refractivity (Wildman–Crippen MR) is 108 cm³/mol. The maximum Gasteiger partial charge on any atom is 0.266 e. The number of ketones is 1. The molecule has 0 bridgehead atoms. The molecule has 138 valence electrons. The van der Waals surface area contributed by atoms with Crippen LogP contribution in [0.25, 0.3) is 0 Å². The fourth-order valence-electron chi connectivity index (χ4n) is 3.95. The smallest absolute Gasteiger partial charge is 0.266 e. The first-order chi connectivity index (χ1) is 12.6. The van der Waals surface area contributed by atoms with Crippen LogP contribution >= 0.6 is 22.7 Å². The second-order valence-corrected chi connectivity index (χ2v) is 9.35. The Labute approximate surface area is 162 Å². The first-order valence-corrected chi connectivity index (χ1v) is 11.0. The van der Waals surface area contributed by atoms with Gasteiger partial charge in [-0.2, -0.15) is 0 Å². The Balaban J connectivity index is 1.61. The third-order valence-electron chi connectivity index (χ3n) is 5.38. The summed E-state index contributed by atoms with van der Waals surface area (Å²) >= 11 is 3.19. The van der Waals surface area contributed by atoms with Crippen LogP contribution in [0.5, 0.6) is 0 Å². The molecule has 0 unspecified atom stereocenters. The van der Waals surface area contributed by atoms with Crippen LogP contribution in [0.1, 0.15) is 67.6 Å². The number of likely N-dealkylation sites (N-methyl/N-ethyl adjacent to an activating group) is 1. The highest BCUT2D eigenvalue weighted by Crippen LogP contribution is 2.38. The lowest BCUT2D eigenvalue weighted by Gasteiger charge is -2.25. The van der Waals surface area contributed by atoms with E-state index in [-0.39, 0.29) is 11.7 Å². The molecule has 0 aromatic carbocycles. The van der Waals surface area contributed by atoms with Crippen molar-refractivity contribution < 1.29 is 9.59 Å². The Hall–Kier alpha value is -1.50. The third kappa shape index (κ3) is 3.26. The van der Waals surface area contributed by atoms with Gasteiger partial charge in [0.15, 0.2) is 5.78 Å². The summed E-state index contributed by atoms with van der Waals surface area (Å²) in [6, 6.07) is 2.05. The Bertz CT molecular complexity index is 842. The first-order valence-electron chi connectivity index (χ1n) is 9.37. The van der Waals surface area contributed by atoms with Crippen molar-refractivity contribution in [1.82, 2.24) is 4.90 Å². The molecule has 1 aliphatic carbocycles. The van der Waals surface area contributed by atoms with E-state index >= 15 is 0 Å².